The Morgan fingerprint density at radius 2 is 1.63 bits per heavy atom. The molecule has 1 unspecified atom stereocenters. The lowest BCUT2D eigenvalue weighted by Gasteiger charge is -2.35. The van der Waals surface area contributed by atoms with Gasteiger partial charge in [-0.2, -0.15) is 0 Å². The Balaban J connectivity index is 1.86. The molecule has 0 bridgehead atoms. The number of pyridine rings is 1. The summed E-state index contributed by atoms with van der Waals surface area (Å²) in [4.78, 5) is 31.6. The zero-order valence-corrected chi connectivity index (χ0v) is 15.0. The Bertz CT molecular complexity index is 871. The molecule has 1 saturated heterocycles. The van der Waals surface area contributed by atoms with Gasteiger partial charge < -0.3 is 10.0 Å². The molecule has 1 aromatic carbocycles. The molecule has 2 aliphatic rings. The molecule has 138 valence electrons. The van der Waals surface area contributed by atoms with Gasteiger partial charge in [-0.05, 0) is 30.5 Å². The molecule has 4 rings (SSSR count). The first-order chi connectivity index (χ1) is 13.2. The summed E-state index contributed by atoms with van der Waals surface area (Å²) in [5.74, 6) is -1.25. The molecule has 1 amide bonds. The molecule has 5 heteroatoms. The van der Waals surface area contributed by atoms with Crippen molar-refractivity contribution >= 4 is 17.4 Å². The average Bonchev–Trinajstić information content (AvgIpc) is 3.00. The van der Waals surface area contributed by atoms with E-state index in [2.05, 4.69) is 4.98 Å². The van der Waals surface area contributed by atoms with Crippen LogP contribution in [0.4, 0.5) is 0 Å². The summed E-state index contributed by atoms with van der Waals surface area (Å²) in [6.45, 7) is 0. The quantitative estimate of drug-likeness (QED) is 0.512. The molecule has 1 saturated carbocycles. The summed E-state index contributed by atoms with van der Waals surface area (Å²) in [7, 11) is 0. The second-order valence-electron chi connectivity index (χ2n) is 7.14. The van der Waals surface area contributed by atoms with Gasteiger partial charge in [0.1, 0.15) is 5.76 Å². The monoisotopic (exact) mass is 362 g/mol. The third-order valence-electron chi connectivity index (χ3n) is 5.52. The topological polar surface area (TPSA) is 70.5 Å². The van der Waals surface area contributed by atoms with Crippen LogP contribution >= 0.6 is 0 Å². The van der Waals surface area contributed by atoms with Gasteiger partial charge in [-0.3, -0.25) is 14.6 Å². The molecule has 1 aromatic heterocycles. The molecule has 1 atom stereocenters. The Labute approximate surface area is 158 Å². The van der Waals surface area contributed by atoms with Crippen LogP contribution in [0.15, 0.2) is 60.4 Å². The van der Waals surface area contributed by atoms with Crippen LogP contribution in [0.2, 0.25) is 0 Å². The SMILES string of the molecule is O=C1C(=O)N(C2CCCCC2)C(c2ccccc2)/C1=C(/O)c1ccncc1. The maximum Gasteiger partial charge on any atom is 0.295 e. The number of rotatable bonds is 3. The lowest BCUT2D eigenvalue weighted by molar-refractivity contribution is -0.141. The summed E-state index contributed by atoms with van der Waals surface area (Å²) >= 11 is 0. The maximum absolute atomic E-state index is 13.0. The highest BCUT2D eigenvalue weighted by molar-refractivity contribution is 6.46. The fourth-order valence-electron chi connectivity index (χ4n) is 4.21. The third kappa shape index (κ3) is 3.14. The molecule has 1 aliphatic heterocycles. The van der Waals surface area contributed by atoms with Crippen LogP contribution < -0.4 is 0 Å². The summed E-state index contributed by atoms with van der Waals surface area (Å²) in [6.07, 6.45) is 8.18. The van der Waals surface area contributed by atoms with Crippen molar-refractivity contribution in [3.05, 3.63) is 71.6 Å². The number of Topliss-reactive ketones (excluding diaryl/α,β-unsaturated/α-hetero) is 1. The number of benzene rings is 1. The minimum Gasteiger partial charge on any atom is -0.507 e. The van der Waals surface area contributed by atoms with Crippen molar-refractivity contribution in [2.24, 2.45) is 0 Å². The summed E-state index contributed by atoms with van der Waals surface area (Å²) < 4.78 is 0. The van der Waals surface area contributed by atoms with Crippen LogP contribution in [0.3, 0.4) is 0 Å². The van der Waals surface area contributed by atoms with E-state index in [-0.39, 0.29) is 17.4 Å². The van der Waals surface area contributed by atoms with E-state index in [1.54, 1.807) is 29.4 Å². The van der Waals surface area contributed by atoms with Gasteiger partial charge in [0.15, 0.2) is 0 Å². The molecule has 2 heterocycles. The highest BCUT2D eigenvalue weighted by Crippen LogP contribution is 2.42. The number of carbonyl (C=O) groups is 2. The van der Waals surface area contributed by atoms with Gasteiger partial charge in [0.05, 0.1) is 11.6 Å². The average molecular weight is 362 g/mol. The van der Waals surface area contributed by atoms with Crippen LogP contribution in [0.5, 0.6) is 0 Å². The summed E-state index contributed by atoms with van der Waals surface area (Å²) in [5.41, 5.74) is 1.51. The van der Waals surface area contributed by atoms with Gasteiger partial charge in [-0.25, -0.2) is 0 Å². The van der Waals surface area contributed by atoms with Gasteiger partial charge in [0.2, 0.25) is 0 Å². The highest BCUT2D eigenvalue weighted by atomic mass is 16.3. The van der Waals surface area contributed by atoms with E-state index in [9.17, 15) is 14.7 Å². The Hall–Kier alpha value is -2.95. The van der Waals surface area contributed by atoms with E-state index in [1.807, 2.05) is 30.3 Å². The molecule has 2 aromatic rings. The molecule has 0 radical (unpaired) electrons. The number of nitrogens with zero attached hydrogens (tertiary/aromatic N) is 2. The molecule has 1 N–H and O–H groups in total. The normalized spacial score (nSPS) is 23.0. The van der Waals surface area contributed by atoms with Crippen molar-refractivity contribution in [1.29, 1.82) is 0 Å². The van der Waals surface area contributed by atoms with Gasteiger partial charge in [0, 0.05) is 24.0 Å². The molecular formula is C22H22N2O3. The molecule has 1 aliphatic carbocycles. The van der Waals surface area contributed by atoms with Crippen molar-refractivity contribution in [2.45, 2.75) is 44.2 Å². The number of likely N-dealkylation sites (tertiary alicyclic amines) is 1. The van der Waals surface area contributed by atoms with Crippen LogP contribution in [0.1, 0.15) is 49.3 Å². The molecular weight excluding hydrogens is 340 g/mol. The van der Waals surface area contributed by atoms with Gasteiger partial charge in [-0.1, -0.05) is 49.6 Å². The van der Waals surface area contributed by atoms with Crippen molar-refractivity contribution in [3.8, 4) is 0 Å². The minimum atomic E-state index is -0.608. The largest absolute Gasteiger partial charge is 0.507 e. The van der Waals surface area contributed by atoms with Crippen molar-refractivity contribution in [1.82, 2.24) is 9.88 Å². The van der Waals surface area contributed by atoms with Crippen LogP contribution in [-0.2, 0) is 9.59 Å². The summed E-state index contributed by atoms with van der Waals surface area (Å²) in [6, 6.07) is 12.3. The van der Waals surface area contributed by atoms with Crippen LogP contribution in [0.25, 0.3) is 5.76 Å². The number of amides is 1. The van der Waals surface area contributed by atoms with Crippen molar-refractivity contribution in [3.63, 3.8) is 0 Å². The van der Waals surface area contributed by atoms with Crippen molar-refractivity contribution < 1.29 is 14.7 Å². The van der Waals surface area contributed by atoms with Gasteiger partial charge >= 0.3 is 0 Å². The molecule has 2 fully saturated rings. The molecule has 5 nitrogen and oxygen atoms in total. The predicted molar refractivity (Wildman–Crippen MR) is 102 cm³/mol. The highest BCUT2D eigenvalue weighted by Gasteiger charge is 2.48. The Morgan fingerprint density at radius 1 is 0.963 bits per heavy atom. The summed E-state index contributed by atoms with van der Waals surface area (Å²) in [5, 5.41) is 10.9. The van der Waals surface area contributed by atoms with E-state index in [0.29, 0.717) is 5.56 Å². The van der Waals surface area contributed by atoms with Gasteiger partial charge in [0.25, 0.3) is 11.7 Å². The third-order valence-corrected chi connectivity index (χ3v) is 5.52. The van der Waals surface area contributed by atoms with Crippen molar-refractivity contribution in [2.75, 3.05) is 0 Å². The minimum absolute atomic E-state index is 0.0307. The zero-order valence-electron chi connectivity index (χ0n) is 15.0. The number of aliphatic hydroxyl groups excluding tert-OH is 1. The second-order valence-corrected chi connectivity index (χ2v) is 7.14. The lowest BCUT2D eigenvalue weighted by atomic mass is 9.91. The number of aromatic nitrogens is 1. The number of ketones is 1. The Morgan fingerprint density at radius 3 is 2.30 bits per heavy atom. The zero-order chi connectivity index (χ0) is 18.8. The first-order valence-corrected chi connectivity index (χ1v) is 9.44. The van der Waals surface area contributed by atoms with Crippen LogP contribution in [0, 0.1) is 0 Å². The van der Waals surface area contributed by atoms with E-state index in [0.717, 1.165) is 37.7 Å². The van der Waals surface area contributed by atoms with E-state index in [4.69, 9.17) is 0 Å². The predicted octanol–water partition coefficient (Wildman–Crippen LogP) is 3.84. The first kappa shape index (κ1) is 17.5. The van der Waals surface area contributed by atoms with E-state index in [1.165, 1.54) is 0 Å². The van der Waals surface area contributed by atoms with E-state index < -0.39 is 17.7 Å². The number of aliphatic hydroxyl groups is 1. The smallest absolute Gasteiger partial charge is 0.295 e. The number of hydrogen-bond donors (Lipinski definition) is 1. The first-order valence-electron chi connectivity index (χ1n) is 9.44. The standard InChI is InChI=1S/C22H22N2O3/c25-20(16-11-13-23-14-12-16)18-19(15-7-3-1-4-8-15)24(22(27)21(18)26)17-9-5-2-6-10-17/h1,3-4,7-8,11-14,17,19,25H,2,5-6,9-10H2/b20-18-. The number of hydrogen-bond acceptors (Lipinski definition) is 4. The molecule has 27 heavy (non-hydrogen) atoms. The lowest BCUT2D eigenvalue weighted by Crippen LogP contribution is -2.40. The molecule has 0 spiro atoms. The van der Waals surface area contributed by atoms with Crippen LogP contribution in [-0.4, -0.2) is 32.7 Å². The van der Waals surface area contributed by atoms with E-state index >= 15 is 0 Å². The Kier molecular flexibility index (Phi) is 4.75. The van der Waals surface area contributed by atoms with Gasteiger partial charge in [-0.15, -0.1) is 0 Å². The fourth-order valence-corrected chi connectivity index (χ4v) is 4.21. The second kappa shape index (κ2) is 7.35. The number of carbonyl (C=O) groups excluding carboxylic acids is 2. The maximum atomic E-state index is 13.0. The fraction of sp³-hybridized carbons (Fsp3) is 0.318.